The number of rotatable bonds is 13. The number of carboxylic acid groups (broad SMARTS) is 1. The molecule has 0 amide bonds. The Kier molecular flexibility index (Phi) is 9.65. The fourth-order valence-electron chi connectivity index (χ4n) is 3.95. The van der Waals surface area contributed by atoms with E-state index in [1.807, 2.05) is 25.3 Å². The molecule has 0 bridgehead atoms. The number of nitriles is 1. The fraction of sp³-hybridized carbons (Fsp3) is 0.538. The van der Waals surface area contributed by atoms with Gasteiger partial charge in [-0.05, 0) is 24.3 Å². The lowest BCUT2D eigenvalue weighted by Crippen LogP contribution is -2.40. The number of carboxylic acids is 1. The van der Waals surface area contributed by atoms with E-state index in [9.17, 15) is 15.2 Å². The summed E-state index contributed by atoms with van der Waals surface area (Å²) in [7, 11) is 0. The van der Waals surface area contributed by atoms with Crippen molar-refractivity contribution in [2.75, 3.05) is 0 Å². The van der Waals surface area contributed by atoms with Crippen LogP contribution in [0.1, 0.15) is 83.4 Å². The maximum Gasteiger partial charge on any atom is 0.328 e. The molecule has 2 unspecified atom stereocenters. The van der Waals surface area contributed by atoms with Crippen LogP contribution in [0.2, 0.25) is 0 Å². The van der Waals surface area contributed by atoms with E-state index in [1.54, 1.807) is 25.3 Å². The molecule has 0 aliphatic heterocycles. The fourth-order valence-corrected chi connectivity index (χ4v) is 3.95. The number of hydrogen-bond acceptors (Lipinski definition) is 4. The topological polar surface area (TPSA) is 86.9 Å². The number of aryl methyl sites for hydroxylation is 1. The van der Waals surface area contributed by atoms with Crippen LogP contribution in [0, 0.1) is 17.2 Å². The van der Waals surface area contributed by atoms with Crippen molar-refractivity contribution in [2.45, 2.75) is 84.0 Å². The van der Waals surface area contributed by atoms with Crippen molar-refractivity contribution < 1.29 is 9.90 Å². The number of carbonyl (C=O) groups is 1. The molecular formula is C26H35N3O2. The predicted octanol–water partition coefficient (Wildman–Crippen LogP) is 6.33. The van der Waals surface area contributed by atoms with Crippen molar-refractivity contribution in [2.24, 2.45) is 5.92 Å². The number of aromatic nitrogens is 2. The van der Waals surface area contributed by atoms with E-state index in [2.05, 4.69) is 23.0 Å². The molecule has 0 aliphatic carbocycles. The number of benzene rings is 1. The molecule has 2 aromatic rings. The molecule has 0 fully saturated rings. The van der Waals surface area contributed by atoms with E-state index >= 15 is 0 Å². The average molecular weight is 422 g/mol. The van der Waals surface area contributed by atoms with Gasteiger partial charge < -0.3 is 5.11 Å². The average Bonchev–Trinajstić information content (AvgIpc) is 2.80. The van der Waals surface area contributed by atoms with Gasteiger partial charge >= 0.3 is 5.97 Å². The summed E-state index contributed by atoms with van der Waals surface area (Å²) in [5, 5.41) is 19.5. The first-order chi connectivity index (χ1) is 15.0. The summed E-state index contributed by atoms with van der Waals surface area (Å²) < 4.78 is 0. The highest BCUT2D eigenvalue weighted by Crippen LogP contribution is 2.35. The molecule has 5 nitrogen and oxygen atoms in total. The number of unbranched alkanes of at least 4 members (excludes halogenated alkanes) is 6. The van der Waals surface area contributed by atoms with Gasteiger partial charge in [0.15, 0.2) is 5.41 Å². The standard InChI is InChI=1S/C26H35N3O2/c1-4-6-7-8-9-10-11-12-23-17-29-24(18-28-23)21-13-15-22(16-14-21)26(19-27,25(30)31)20(3)5-2/h13-18,20H,4-12H2,1-3H3,(H,30,31). The molecule has 1 aromatic heterocycles. The van der Waals surface area contributed by atoms with Crippen LogP contribution < -0.4 is 0 Å². The van der Waals surface area contributed by atoms with Crippen molar-refractivity contribution in [1.82, 2.24) is 9.97 Å². The highest BCUT2D eigenvalue weighted by Gasteiger charge is 2.45. The quantitative estimate of drug-likeness (QED) is 0.382. The van der Waals surface area contributed by atoms with E-state index in [-0.39, 0.29) is 5.92 Å². The Labute approximate surface area is 186 Å². The van der Waals surface area contributed by atoms with Gasteiger partial charge in [0, 0.05) is 11.8 Å². The molecule has 0 aliphatic rings. The van der Waals surface area contributed by atoms with Crippen LogP contribution in [-0.4, -0.2) is 21.0 Å². The van der Waals surface area contributed by atoms with Gasteiger partial charge in [-0.2, -0.15) is 5.26 Å². The lowest BCUT2D eigenvalue weighted by molar-refractivity contribution is -0.143. The maximum absolute atomic E-state index is 12.0. The van der Waals surface area contributed by atoms with Crippen molar-refractivity contribution >= 4 is 5.97 Å². The molecular weight excluding hydrogens is 386 g/mol. The molecule has 2 rings (SSSR count). The molecule has 2 atom stereocenters. The summed E-state index contributed by atoms with van der Waals surface area (Å²) in [6.07, 6.45) is 14.1. The van der Waals surface area contributed by atoms with Crippen molar-refractivity contribution in [1.29, 1.82) is 5.26 Å². The van der Waals surface area contributed by atoms with E-state index in [0.717, 1.165) is 29.8 Å². The zero-order chi connectivity index (χ0) is 22.7. The third kappa shape index (κ3) is 6.13. The first-order valence-electron chi connectivity index (χ1n) is 11.6. The van der Waals surface area contributed by atoms with E-state index < -0.39 is 11.4 Å². The Morgan fingerprint density at radius 2 is 1.68 bits per heavy atom. The van der Waals surface area contributed by atoms with Gasteiger partial charge in [-0.3, -0.25) is 14.8 Å². The predicted molar refractivity (Wildman–Crippen MR) is 124 cm³/mol. The van der Waals surface area contributed by atoms with Crippen molar-refractivity contribution in [3.8, 4) is 17.3 Å². The Morgan fingerprint density at radius 3 is 2.19 bits per heavy atom. The normalized spacial score (nSPS) is 13.9. The van der Waals surface area contributed by atoms with Crippen LogP contribution in [0.5, 0.6) is 0 Å². The van der Waals surface area contributed by atoms with E-state index in [4.69, 9.17) is 0 Å². The second-order valence-electron chi connectivity index (χ2n) is 8.38. The summed E-state index contributed by atoms with van der Waals surface area (Å²) in [5.41, 5.74) is 1.57. The summed E-state index contributed by atoms with van der Waals surface area (Å²) in [5.74, 6) is -1.40. The van der Waals surface area contributed by atoms with Gasteiger partial charge in [0.05, 0.1) is 23.7 Å². The Morgan fingerprint density at radius 1 is 1.03 bits per heavy atom. The van der Waals surface area contributed by atoms with Gasteiger partial charge in [-0.25, -0.2) is 0 Å². The zero-order valence-corrected chi connectivity index (χ0v) is 19.1. The monoisotopic (exact) mass is 421 g/mol. The molecule has 5 heteroatoms. The third-order valence-corrected chi connectivity index (χ3v) is 6.24. The highest BCUT2D eigenvalue weighted by molar-refractivity contribution is 5.85. The lowest BCUT2D eigenvalue weighted by Gasteiger charge is -2.28. The summed E-state index contributed by atoms with van der Waals surface area (Å²) in [6.45, 7) is 5.94. The maximum atomic E-state index is 12.0. The van der Waals surface area contributed by atoms with Crippen molar-refractivity contribution in [3.63, 3.8) is 0 Å². The van der Waals surface area contributed by atoms with Gasteiger partial charge in [0.2, 0.25) is 0 Å². The molecule has 0 radical (unpaired) electrons. The molecule has 166 valence electrons. The van der Waals surface area contributed by atoms with E-state index in [1.165, 1.54) is 38.5 Å². The number of hydrogen-bond donors (Lipinski definition) is 1. The summed E-state index contributed by atoms with van der Waals surface area (Å²) in [6, 6.07) is 9.17. The molecule has 1 N–H and O–H groups in total. The van der Waals surface area contributed by atoms with Crippen LogP contribution in [0.15, 0.2) is 36.7 Å². The van der Waals surface area contributed by atoms with Crippen molar-refractivity contribution in [3.05, 3.63) is 47.9 Å². The van der Waals surface area contributed by atoms with Gasteiger partial charge in [-0.1, -0.05) is 90.0 Å². The van der Waals surface area contributed by atoms with E-state index in [0.29, 0.717) is 12.0 Å². The van der Waals surface area contributed by atoms with Gasteiger partial charge in [0.1, 0.15) is 0 Å². The zero-order valence-electron chi connectivity index (χ0n) is 19.1. The second kappa shape index (κ2) is 12.2. The minimum atomic E-state index is -1.54. The number of aliphatic carboxylic acids is 1. The minimum Gasteiger partial charge on any atom is -0.480 e. The van der Waals surface area contributed by atoms with Crippen LogP contribution in [0.3, 0.4) is 0 Å². The summed E-state index contributed by atoms with van der Waals surface area (Å²) >= 11 is 0. The Hall–Kier alpha value is -2.74. The minimum absolute atomic E-state index is 0.299. The Balaban J connectivity index is 2.01. The van der Waals surface area contributed by atoms with Crippen LogP contribution in [0.4, 0.5) is 0 Å². The van der Waals surface area contributed by atoms with Crippen LogP contribution >= 0.6 is 0 Å². The SMILES string of the molecule is CCCCCCCCCc1cnc(-c2ccc(C(C#N)(C(=O)O)C(C)CC)cc2)cn1. The second-order valence-corrected chi connectivity index (χ2v) is 8.38. The first-order valence-corrected chi connectivity index (χ1v) is 11.6. The molecule has 31 heavy (non-hydrogen) atoms. The molecule has 1 heterocycles. The molecule has 1 aromatic carbocycles. The van der Waals surface area contributed by atoms with Crippen LogP contribution in [-0.2, 0) is 16.6 Å². The molecule has 0 saturated carbocycles. The van der Waals surface area contributed by atoms with Gasteiger partial charge in [0.25, 0.3) is 0 Å². The first kappa shape index (κ1) is 24.5. The van der Waals surface area contributed by atoms with Crippen LogP contribution in [0.25, 0.3) is 11.3 Å². The third-order valence-electron chi connectivity index (χ3n) is 6.24. The Bertz CT molecular complexity index is 856. The lowest BCUT2D eigenvalue weighted by atomic mass is 9.71. The molecule has 0 spiro atoms. The van der Waals surface area contributed by atoms with Gasteiger partial charge in [-0.15, -0.1) is 0 Å². The number of nitrogens with zero attached hydrogens (tertiary/aromatic N) is 3. The smallest absolute Gasteiger partial charge is 0.328 e. The largest absolute Gasteiger partial charge is 0.480 e. The highest BCUT2D eigenvalue weighted by atomic mass is 16.4. The molecule has 0 saturated heterocycles. The summed E-state index contributed by atoms with van der Waals surface area (Å²) in [4.78, 5) is 21.1.